The molecule has 0 unspecified atom stereocenters. The fourth-order valence-electron chi connectivity index (χ4n) is 1.97. The summed E-state index contributed by atoms with van der Waals surface area (Å²) in [6, 6.07) is 3.57. The third-order valence-electron chi connectivity index (χ3n) is 2.98. The zero-order valence-corrected chi connectivity index (χ0v) is 13.3. The Morgan fingerprint density at radius 2 is 2.00 bits per heavy atom. The lowest BCUT2D eigenvalue weighted by Crippen LogP contribution is -2.20. The van der Waals surface area contributed by atoms with Crippen LogP contribution in [0.5, 0.6) is 0 Å². The van der Waals surface area contributed by atoms with Crippen LogP contribution in [0.1, 0.15) is 17.0 Å². The second-order valence-corrected chi connectivity index (χ2v) is 5.62. The molecule has 2 heterocycles. The minimum atomic E-state index is -4.46. The minimum absolute atomic E-state index is 0.0801. The summed E-state index contributed by atoms with van der Waals surface area (Å²) in [7, 11) is 3.17. The van der Waals surface area contributed by atoms with E-state index in [1.165, 1.54) is 17.9 Å². The smallest absolute Gasteiger partial charge is 0.355 e. The van der Waals surface area contributed by atoms with E-state index < -0.39 is 11.9 Å². The van der Waals surface area contributed by atoms with Crippen molar-refractivity contribution >= 4 is 21.7 Å². The monoisotopic (exact) mass is 362 g/mol. The lowest BCUT2D eigenvalue weighted by atomic mass is 10.2. The Bertz CT molecular complexity index is 651. The number of anilines is 1. The number of hydrogen-bond acceptors (Lipinski definition) is 3. The first-order valence-corrected chi connectivity index (χ1v) is 6.92. The van der Waals surface area contributed by atoms with Crippen molar-refractivity contribution in [3.8, 4) is 0 Å². The average molecular weight is 363 g/mol. The molecule has 0 radical (unpaired) electrons. The van der Waals surface area contributed by atoms with Gasteiger partial charge in [0.05, 0.1) is 5.69 Å². The average Bonchev–Trinajstić information content (AvgIpc) is 2.73. The van der Waals surface area contributed by atoms with E-state index in [1.807, 2.05) is 13.0 Å². The van der Waals surface area contributed by atoms with E-state index in [0.717, 1.165) is 10.2 Å². The van der Waals surface area contributed by atoms with Gasteiger partial charge in [0.1, 0.15) is 5.82 Å². The molecule has 2 rings (SSSR count). The molecule has 0 saturated heterocycles. The number of rotatable bonds is 3. The number of alkyl halides is 3. The van der Waals surface area contributed by atoms with Gasteiger partial charge < -0.3 is 4.90 Å². The fraction of sp³-hybridized carbons (Fsp3) is 0.385. The number of pyridine rings is 1. The van der Waals surface area contributed by atoms with Crippen molar-refractivity contribution in [1.29, 1.82) is 0 Å². The van der Waals surface area contributed by atoms with Crippen LogP contribution in [0.3, 0.4) is 0 Å². The molecule has 0 N–H and O–H groups in total. The molecule has 2 aromatic rings. The largest absolute Gasteiger partial charge is 0.435 e. The number of aryl methyl sites for hydroxylation is 2. The van der Waals surface area contributed by atoms with E-state index in [-0.39, 0.29) is 12.1 Å². The van der Waals surface area contributed by atoms with Crippen LogP contribution >= 0.6 is 15.9 Å². The predicted octanol–water partition coefficient (Wildman–Crippen LogP) is 3.54. The van der Waals surface area contributed by atoms with E-state index in [0.29, 0.717) is 5.82 Å². The van der Waals surface area contributed by atoms with Gasteiger partial charge in [-0.05, 0) is 35.0 Å². The summed E-state index contributed by atoms with van der Waals surface area (Å²) in [5.41, 5.74) is 0.0436. The molecular weight excluding hydrogens is 349 g/mol. The van der Waals surface area contributed by atoms with Crippen LogP contribution in [-0.4, -0.2) is 21.8 Å². The Morgan fingerprint density at radius 3 is 2.57 bits per heavy atom. The van der Waals surface area contributed by atoms with Gasteiger partial charge >= 0.3 is 6.18 Å². The van der Waals surface area contributed by atoms with Crippen molar-refractivity contribution in [3.05, 3.63) is 39.8 Å². The van der Waals surface area contributed by atoms with Crippen LogP contribution in [0.25, 0.3) is 0 Å². The first kappa shape index (κ1) is 15.8. The highest BCUT2D eigenvalue weighted by atomic mass is 79.9. The quantitative estimate of drug-likeness (QED) is 0.837. The number of hydrogen-bond donors (Lipinski definition) is 0. The van der Waals surface area contributed by atoms with E-state index in [4.69, 9.17) is 0 Å². The molecule has 0 saturated carbocycles. The van der Waals surface area contributed by atoms with Crippen LogP contribution in [0.4, 0.5) is 19.0 Å². The molecule has 0 bridgehead atoms. The first-order chi connectivity index (χ1) is 9.68. The molecule has 0 aliphatic rings. The number of halogens is 4. The summed E-state index contributed by atoms with van der Waals surface area (Å²) >= 11 is 3.34. The van der Waals surface area contributed by atoms with Gasteiger partial charge in [0.25, 0.3) is 0 Å². The molecule has 0 aliphatic carbocycles. The highest BCUT2D eigenvalue weighted by Gasteiger charge is 2.37. The van der Waals surface area contributed by atoms with Crippen LogP contribution < -0.4 is 4.90 Å². The second-order valence-electron chi connectivity index (χ2n) is 4.77. The van der Waals surface area contributed by atoms with Gasteiger partial charge in [0.2, 0.25) is 0 Å². The molecule has 4 nitrogen and oxygen atoms in total. The Kier molecular flexibility index (Phi) is 4.27. The molecule has 0 spiro atoms. The van der Waals surface area contributed by atoms with Crippen LogP contribution in [0.15, 0.2) is 22.8 Å². The third-order valence-corrected chi connectivity index (χ3v) is 3.82. The minimum Gasteiger partial charge on any atom is -0.355 e. The first-order valence-electron chi connectivity index (χ1n) is 6.12. The maximum Gasteiger partial charge on any atom is 0.435 e. The van der Waals surface area contributed by atoms with Crippen molar-refractivity contribution in [2.75, 3.05) is 11.9 Å². The molecule has 0 aliphatic heterocycles. The van der Waals surface area contributed by atoms with Crippen LogP contribution in [-0.2, 0) is 19.8 Å². The van der Waals surface area contributed by atoms with Gasteiger partial charge in [0.15, 0.2) is 5.69 Å². The van der Waals surface area contributed by atoms with Gasteiger partial charge in [-0.15, -0.1) is 0 Å². The fourth-order valence-corrected chi connectivity index (χ4v) is 2.19. The highest BCUT2D eigenvalue weighted by molar-refractivity contribution is 9.10. The van der Waals surface area contributed by atoms with Gasteiger partial charge in [-0.1, -0.05) is 0 Å². The summed E-state index contributed by atoms with van der Waals surface area (Å²) in [5.74, 6) is 0.604. The lowest BCUT2D eigenvalue weighted by Gasteiger charge is -2.19. The van der Waals surface area contributed by atoms with Crippen LogP contribution in [0.2, 0.25) is 0 Å². The third kappa shape index (κ3) is 3.55. The highest BCUT2D eigenvalue weighted by Crippen LogP contribution is 2.31. The summed E-state index contributed by atoms with van der Waals surface area (Å²) in [5, 5.41) is 3.50. The van der Waals surface area contributed by atoms with E-state index >= 15 is 0 Å². The maximum absolute atomic E-state index is 12.9. The normalized spacial score (nSPS) is 11.8. The number of nitrogens with zero attached hydrogens (tertiary/aromatic N) is 4. The molecule has 114 valence electrons. The van der Waals surface area contributed by atoms with E-state index in [9.17, 15) is 13.2 Å². The van der Waals surface area contributed by atoms with Gasteiger partial charge in [-0.25, -0.2) is 4.98 Å². The van der Waals surface area contributed by atoms with Gasteiger partial charge in [-0.3, -0.25) is 4.68 Å². The van der Waals surface area contributed by atoms with Gasteiger partial charge in [-0.2, -0.15) is 18.3 Å². The Labute approximate surface area is 128 Å². The molecule has 8 heteroatoms. The summed E-state index contributed by atoms with van der Waals surface area (Å²) in [6.45, 7) is 1.91. The molecule has 0 aromatic carbocycles. The SMILES string of the molecule is Cc1nc(N(C)Cc2cn(C)nc2C(F)(F)F)ccc1Br. The summed E-state index contributed by atoms with van der Waals surface area (Å²) < 4.78 is 40.8. The Balaban J connectivity index is 2.27. The van der Waals surface area contributed by atoms with E-state index in [1.54, 1.807) is 18.0 Å². The molecular formula is C13H14BrF3N4. The van der Waals surface area contributed by atoms with Crippen LogP contribution in [0, 0.1) is 6.92 Å². The summed E-state index contributed by atoms with van der Waals surface area (Å²) in [6.07, 6.45) is -3.08. The zero-order valence-electron chi connectivity index (χ0n) is 11.7. The topological polar surface area (TPSA) is 34.0 Å². The lowest BCUT2D eigenvalue weighted by molar-refractivity contribution is -0.142. The van der Waals surface area contributed by atoms with Gasteiger partial charge in [0, 0.05) is 36.9 Å². The zero-order chi connectivity index (χ0) is 15.8. The summed E-state index contributed by atoms with van der Waals surface area (Å²) in [4.78, 5) is 6.00. The van der Waals surface area contributed by atoms with Crippen molar-refractivity contribution in [1.82, 2.24) is 14.8 Å². The predicted molar refractivity (Wildman–Crippen MR) is 77.0 cm³/mol. The standard InChI is InChI=1S/C13H14BrF3N4/c1-8-10(14)4-5-11(18-8)20(2)6-9-7-21(3)19-12(9)13(15,16)17/h4-5,7H,6H2,1-3H3. The maximum atomic E-state index is 12.9. The second kappa shape index (κ2) is 5.67. The molecule has 0 amide bonds. The van der Waals surface area contributed by atoms with Crippen molar-refractivity contribution in [2.45, 2.75) is 19.6 Å². The van der Waals surface area contributed by atoms with E-state index in [2.05, 4.69) is 26.0 Å². The Hall–Kier alpha value is -1.57. The molecule has 0 atom stereocenters. The molecule has 0 fully saturated rings. The Morgan fingerprint density at radius 1 is 1.33 bits per heavy atom. The number of aromatic nitrogens is 3. The van der Waals surface area contributed by atoms with Crippen molar-refractivity contribution in [2.24, 2.45) is 7.05 Å². The molecule has 21 heavy (non-hydrogen) atoms. The van der Waals surface area contributed by atoms with Crippen molar-refractivity contribution in [3.63, 3.8) is 0 Å². The molecule has 2 aromatic heterocycles. The van der Waals surface area contributed by atoms with Crippen molar-refractivity contribution < 1.29 is 13.2 Å².